The van der Waals surface area contributed by atoms with Crippen molar-refractivity contribution in [3.05, 3.63) is 62.7 Å². The quantitative estimate of drug-likeness (QED) is 0.335. The number of β-lactam (4-membered cyclic amide) rings is 1. The number of benzene rings is 1. The second-order valence-corrected chi connectivity index (χ2v) is 7.57. The minimum absolute atomic E-state index is 0.0468. The van der Waals surface area contributed by atoms with Crippen LogP contribution >= 0.6 is 11.8 Å². The smallest absolute Gasteiger partial charge is 0.355 e. The van der Waals surface area contributed by atoms with Crippen molar-refractivity contribution in [3.63, 3.8) is 0 Å². The lowest BCUT2D eigenvalue weighted by Gasteiger charge is -2.48. The Balaban J connectivity index is 1.74. The maximum absolute atomic E-state index is 12.6. The van der Waals surface area contributed by atoms with E-state index in [4.69, 9.17) is 4.74 Å². The van der Waals surface area contributed by atoms with Gasteiger partial charge < -0.3 is 14.7 Å². The number of amides is 1. The van der Waals surface area contributed by atoms with Gasteiger partial charge in [-0.05, 0) is 41.9 Å². The lowest BCUT2D eigenvalue weighted by Crippen LogP contribution is -2.64. The summed E-state index contributed by atoms with van der Waals surface area (Å²) in [5, 5.41) is 20.6. The van der Waals surface area contributed by atoms with E-state index >= 15 is 0 Å². The van der Waals surface area contributed by atoms with Crippen LogP contribution in [0.5, 0.6) is 0 Å². The molecule has 2 aliphatic rings. The Labute approximate surface area is 166 Å². The molecule has 1 N–H and O–H groups in total. The fourth-order valence-corrected chi connectivity index (χ4v) is 3.93. The van der Waals surface area contributed by atoms with E-state index in [1.807, 2.05) is 6.26 Å². The summed E-state index contributed by atoms with van der Waals surface area (Å²) in [6, 6.07) is 5.42. The van der Waals surface area contributed by atoms with Gasteiger partial charge in [-0.15, -0.1) is 11.8 Å². The van der Waals surface area contributed by atoms with Crippen LogP contribution in [0, 0.1) is 16.0 Å². The molecule has 0 spiro atoms. The van der Waals surface area contributed by atoms with Gasteiger partial charge in [-0.1, -0.05) is 6.08 Å². The number of thioether (sulfide) groups is 1. The van der Waals surface area contributed by atoms with Crippen molar-refractivity contribution in [1.29, 1.82) is 0 Å². The van der Waals surface area contributed by atoms with Crippen molar-refractivity contribution in [3.8, 4) is 0 Å². The SMILES string of the molecule is CSC1=CC=C(C(=O)OCc2ccc([N+](=O)[O-])cc2)N2C(=O)[C@H]([C@@H](C)O)[C@H]2C1. The maximum Gasteiger partial charge on any atom is 0.355 e. The average molecular weight is 404 g/mol. The Morgan fingerprint density at radius 1 is 1.39 bits per heavy atom. The van der Waals surface area contributed by atoms with Crippen molar-refractivity contribution in [2.75, 3.05) is 6.26 Å². The molecule has 0 radical (unpaired) electrons. The van der Waals surface area contributed by atoms with Gasteiger partial charge in [0.25, 0.3) is 5.69 Å². The summed E-state index contributed by atoms with van der Waals surface area (Å²) in [4.78, 5) is 37.7. The first-order chi connectivity index (χ1) is 13.3. The molecule has 1 fully saturated rings. The fourth-order valence-electron chi connectivity index (χ4n) is 3.39. The van der Waals surface area contributed by atoms with Crippen LogP contribution in [-0.4, -0.2) is 45.2 Å². The number of nitro benzene ring substituents is 1. The molecule has 2 aliphatic heterocycles. The van der Waals surface area contributed by atoms with Gasteiger partial charge >= 0.3 is 5.97 Å². The number of aliphatic hydroxyl groups is 1. The fraction of sp³-hybridized carbons (Fsp3) is 0.368. The molecule has 3 atom stereocenters. The van der Waals surface area contributed by atoms with Crippen LogP contribution in [-0.2, 0) is 20.9 Å². The molecule has 0 bridgehead atoms. The average Bonchev–Trinajstić information content (AvgIpc) is 2.82. The van der Waals surface area contributed by atoms with Gasteiger partial charge in [0.1, 0.15) is 12.3 Å². The van der Waals surface area contributed by atoms with Crippen LogP contribution in [0.4, 0.5) is 5.69 Å². The molecule has 3 rings (SSSR count). The second kappa shape index (κ2) is 8.15. The summed E-state index contributed by atoms with van der Waals surface area (Å²) in [7, 11) is 0. The minimum Gasteiger partial charge on any atom is -0.456 e. The summed E-state index contributed by atoms with van der Waals surface area (Å²) in [6.45, 7) is 1.50. The number of nitro groups is 1. The number of ether oxygens (including phenoxy) is 1. The highest BCUT2D eigenvalue weighted by Crippen LogP contribution is 2.40. The van der Waals surface area contributed by atoms with Gasteiger partial charge in [0, 0.05) is 18.6 Å². The lowest BCUT2D eigenvalue weighted by molar-refractivity contribution is -0.384. The van der Waals surface area contributed by atoms with E-state index in [2.05, 4.69) is 0 Å². The molecular weight excluding hydrogens is 384 g/mol. The Hall–Kier alpha value is -2.65. The molecule has 9 heteroatoms. The highest BCUT2D eigenvalue weighted by molar-refractivity contribution is 8.02. The van der Waals surface area contributed by atoms with E-state index < -0.39 is 22.9 Å². The van der Waals surface area contributed by atoms with Crippen LogP contribution in [0.1, 0.15) is 18.9 Å². The largest absolute Gasteiger partial charge is 0.456 e. The van der Waals surface area contributed by atoms with E-state index in [-0.39, 0.29) is 29.9 Å². The van der Waals surface area contributed by atoms with Gasteiger partial charge in [0.2, 0.25) is 5.91 Å². The summed E-state index contributed by atoms with van der Waals surface area (Å²) < 4.78 is 5.32. The lowest BCUT2D eigenvalue weighted by atomic mass is 9.81. The number of hydrogen-bond acceptors (Lipinski definition) is 7. The summed E-state index contributed by atoms with van der Waals surface area (Å²) in [6.07, 6.45) is 5.04. The zero-order chi connectivity index (χ0) is 20.4. The normalized spacial score (nSPS) is 22.2. The Morgan fingerprint density at radius 2 is 2.07 bits per heavy atom. The number of aliphatic hydroxyl groups excluding tert-OH is 1. The summed E-state index contributed by atoms with van der Waals surface area (Å²) in [5.41, 5.74) is 0.689. The molecule has 148 valence electrons. The molecule has 28 heavy (non-hydrogen) atoms. The topological polar surface area (TPSA) is 110 Å². The number of fused-ring (bicyclic) bond motifs is 1. The first-order valence-corrected chi connectivity index (χ1v) is 9.92. The monoisotopic (exact) mass is 404 g/mol. The highest BCUT2D eigenvalue weighted by atomic mass is 32.2. The maximum atomic E-state index is 12.6. The zero-order valence-electron chi connectivity index (χ0n) is 15.4. The molecule has 0 aromatic heterocycles. The van der Waals surface area contributed by atoms with Crippen molar-refractivity contribution in [1.82, 2.24) is 4.90 Å². The predicted molar refractivity (Wildman–Crippen MR) is 103 cm³/mol. The third-order valence-electron chi connectivity index (χ3n) is 4.87. The van der Waals surface area contributed by atoms with Gasteiger partial charge in [0.05, 0.1) is 23.0 Å². The number of allylic oxidation sites excluding steroid dienone is 2. The van der Waals surface area contributed by atoms with Gasteiger partial charge in [-0.25, -0.2) is 4.79 Å². The van der Waals surface area contributed by atoms with E-state index in [9.17, 15) is 24.8 Å². The molecule has 8 nitrogen and oxygen atoms in total. The van der Waals surface area contributed by atoms with Crippen LogP contribution < -0.4 is 0 Å². The van der Waals surface area contributed by atoms with Crippen LogP contribution in [0.25, 0.3) is 0 Å². The molecule has 1 amide bonds. The third kappa shape index (κ3) is 3.81. The van der Waals surface area contributed by atoms with Crippen LogP contribution in [0.15, 0.2) is 47.0 Å². The predicted octanol–water partition coefficient (Wildman–Crippen LogP) is 2.38. The molecule has 0 saturated carbocycles. The second-order valence-electron chi connectivity index (χ2n) is 6.63. The van der Waals surface area contributed by atoms with Gasteiger partial charge in [0.15, 0.2) is 0 Å². The molecule has 1 aromatic carbocycles. The van der Waals surface area contributed by atoms with Crippen molar-refractivity contribution >= 4 is 29.3 Å². The van der Waals surface area contributed by atoms with E-state index in [0.717, 1.165) is 4.91 Å². The van der Waals surface area contributed by atoms with Gasteiger partial charge in [-0.3, -0.25) is 14.9 Å². The van der Waals surface area contributed by atoms with E-state index in [1.54, 1.807) is 19.1 Å². The molecule has 0 unspecified atom stereocenters. The first kappa shape index (κ1) is 20.1. The van der Waals surface area contributed by atoms with Gasteiger partial charge in [-0.2, -0.15) is 0 Å². The first-order valence-electron chi connectivity index (χ1n) is 8.70. The van der Waals surface area contributed by atoms with Crippen LogP contribution in [0.2, 0.25) is 0 Å². The molecule has 2 heterocycles. The number of rotatable bonds is 6. The summed E-state index contributed by atoms with van der Waals surface area (Å²) in [5.74, 6) is -1.49. The number of non-ortho nitro benzene ring substituents is 1. The minimum atomic E-state index is -0.799. The van der Waals surface area contributed by atoms with E-state index in [0.29, 0.717) is 12.0 Å². The highest BCUT2D eigenvalue weighted by Gasteiger charge is 2.53. The molecular formula is C19H20N2O6S. The van der Waals surface area contributed by atoms with Crippen molar-refractivity contribution in [2.24, 2.45) is 5.92 Å². The number of esters is 1. The number of carbonyl (C=O) groups excluding carboxylic acids is 2. The Morgan fingerprint density at radius 3 is 2.64 bits per heavy atom. The molecule has 1 saturated heterocycles. The van der Waals surface area contributed by atoms with E-state index in [1.165, 1.54) is 40.9 Å². The molecule has 1 aromatic rings. The number of carbonyl (C=O) groups is 2. The molecule has 0 aliphatic carbocycles. The van der Waals surface area contributed by atoms with Crippen molar-refractivity contribution in [2.45, 2.75) is 32.1 Å². The number of nitrogens with zero attached hydrogens (tertiary/aromatic N) is 2. The van der Waals surface area contributed by atoms with Crippen molar-refractivity contribution < 1.29 is 24.4 Å². The Bertz CT molecular complexity index is 862. The Kier molecular flexibility index (Phi) is 5.85. The standard InChI is InChI=1S/C19H20N2O6S/c1-11(22)17-16-9-14(28-2)7-8-15(20(16)18(17)23)19(24)27-10-12-3-5-13(6-4-12)21(25)26/h3-8,11,16-17,22H,9-10H2,1-2H3/t11-,16-,17-/m1/s1. The van der Waals surface area contributed by atoms with Crippen LogP contribution in [0.3, 0.4) is 0 Å². The zero-order valence-corrected chi connectivity index (χ0v) is 16.2. The summed E-state index contributed by atoms with van der Waals surface area (Å²) >= 11 is 1.53. The number of hydrogen-bond donors (Lipinski definition) is 1. The third-order valence-corrected chi connectivity index (χ3v) is 5.70.